The van der Waals surface area contributed by atoms with Crippen LogP contribution in [0.25, 0.3) is 0 Å². The lowest BCUT2D eigenvalue weighted by atomic mass is 9.89. The Bertz CT molecular complexity index is 309. The van der Waals surface area contributed by atoms with Gasteiger partial charge in [0.05, 0.1) is 0 Å². The van der Waals surface area contributed by atoms with E-state index in [1.165, 1.54) is 25.7 Å². The van der Waals surface area contributed by atoms with Crippen molar-refractivity contribution in [3.63, 3.8) is 0 Å². The molecule has 20 heavy (non-hydrogen) atoms. The van der Waals surface area contributed by atoms with Crippen molar-refractivity contribution in [2.45, 2.75) is 92.3 Å². The third-order valence-corrected chi connectivity index (χ3v) is 3.80. The van der Waals surface area contributed by atoms with Crippen LogP contribution in [0.4, 0.5) is 0 Å². The molecule has 0 spiro atoms. The molecule has 0 aromatic carbocycles. The maximum atomic E-state index is 4.68. The van der Waals surface area contributed by atoms with E-state index in [-0.39, 0.29) is 5.54 Å². The average Bonchev–Trinajstić information content (AvgIpc) is 2.65. The number of nitrogens with zero attached hydrogens (tertiary/aromatic N) is 3. The van der Waals surface area contributed by atoms with Gasteiger partial charge in [0.25, 0.3) is 0 Å². The second kappa shape index (κ2) is 6.82. The van der Waals surface area contributed by atoms with Gasteiger partial charge in [0.1, 0.15) is 12.5 Å². The quantitative estimate of drug-likeness (QED) is 0.658. The maximum Gasteiger partial charge on any atom is 0.120 e. The van der Waals surface area contributed by atoms with Crippen LogP contribution in [0, 0.1) is 5.41 Å². The normalized spacial score (nSPS) is 20.1. The first-order valence-electron chi connectivity index (χ1n) is 8.24. The molecule has 0 saturated heterocycles. The largest absolute Gasteiger partial charge is 0.335 e. The van der Waals surface area contributed by atoms with E-state index in [0.29, 0.717) is 11.6 Å². The third kappa shape index (κ3) is 5.34. The molecule has 1 atom stereocenters. The molecule has 0 saturated carbocycles. The van der Waals surface area contributed by atoms with Gasteiger partial charge in [-0.2, -0.15) is 5.10 Å². The van der Waals surface area contributed by atoms with Crippen molar-refractivity contribution in [3.05, 3.63) is 0 Å². The average molecular weight is 281 g/mol. The molecule has 0 aromatic heterocycles. The lowest BCUT2D eigenvalue weighted by Crippen LogP contribution is -2.50. The monoisotopic (exact) mass is 281 g/mol. The van der Waals surface area contributed by atoms with E-state index in [4.69, 9.17) is 0 Å². The second-order valence-electron chi connectivity index (χ2n) is 8.28. The van der Waals surface area contributed by atoms with Gasteiger partial charge in [0, 0.05) is 12.1 Å². The van der Waals surface area contributed by atoms with Crippen molar-refractivity contribution in [2.24, 2.45) is 10.5 Å². The zero-order valence-corrected chi connectivity index (χ0v) is 14.7. The van der Waals surface area contributed by atoms with E-state index < -0.39 is 0 Å². The van der Waals surface area contributed by atoms with Gasteiger partial charge >= 0.3 is 0 Å². The van der Waals surface area contributed by atoms with Gasteiger partial charge < -0.3 is 4.90 Å². The minimum absolute atomic E-state index is 0.136. The fraction of sp³-hybridized carbons (Fsp3) is 0.941. The van der Waals surface area contributed by atoms with Crippen molar-refractivity contribution in [1.29, 1.82) is 0 Å². The number of hydrogen-bond donors (Lipinski definition) is 0. The molecule has 0 N–H and O–H groups in total. The highest BCUT2D eigenvalue weighted by Gasteiger charge is 2.36. The van der Waals surface area contributed by atoms with Gasteiger partial charge in [0.2, 0.25) is 0 Å². The standard InChI is InChI=1S/C17H35N3/c1-8-9-10-11-12-20-15(13-16(2,3)4)19(14-18-20)17(5,6)7/h14-15H,8-13H2,1-7H3. The first-order chi connectivity index (χ1) is 9.15. The summed E-state index contributed by atoms with van der Waals surface area (Å²) < 4.78 is 0. The summed E-state index contributed by atoms with van der Waals surface area (Å²) in [6.45, 7) is 17.1. The molecule has 1 aliphatic rings. The van der Waals surface area contributed by atoms with Crippen LogP contribution in [0.5, 0.6) is 0 Å². The Labute approximate surface area is 126 Å². The maximum absolute atomic E-state index is 4.68. The minimum atomic E-state index is 0.136. The van der Waals surface area contributed by atoms with Crippen molar-refractivity contribution >= 4 is 6.34 Å². The molecule has 1 aliphatic heterocycles. The number of rotatable bonds is 6. The Hall–Kier alpha value is -0.730. The summed E-state index contributed by atoms with van der Waals surface area (Å²) in [5.41, 5.74) is 0.459. The molecular weight excluding hydrogens is 246 g/mol. The Morgan fingerprint density at radius 2 is 1.65 bits per heavy atom. The Morgan fingerprint density at radius 1 is 1.00 bits per heavy atom. The van der Waals surface area contributed by atoms with E-state index in [2.05, 4.69) is 69.8 Å². The summed E-state index contributed by atoms with van der Waals surface area (Å²) in [4.78, 5) is 2.43. The van der Waals surface area contributed by atoms with Crippen LogP contribution in [0.3, 0.4) is 0 Å². The van der Waals surface area contributed by atoms with Gasteiger partial charge in [-0.05, 0) is 39.0 Å². The molecule has 0 aliphatic carbocycles. The van der Waals surface area contributed by atoms with Crippen LogP contribution in [-0.2, 0) is 0 Å². The molecule has 0 fully saturated rings. The molecule has 3 nitrogen and oxygen atoms in total. The summed E-state index contributed by atoms with van der Waals surface area (Å²) in [6, 6.07) is 0. The van der Waals surface area contributed by atoms with Gasteiger partial charge in [-0.1, -0.05) is 47.0 Å². The third-order valence-electron chi connectivity index (χ3n) is 3.80. The van der Waals surface area contributed by atoms with Crippen molar-refractivity contribution in [3.8, 4) is 0 Å². The van der Waals surface area contributed by atoms with E-state index in [1.807, 2.05) is 0 Å². The number of hydrogen-bond acceptors (Lipinski definition) is 3. The molecule has 0 radical (unpaired) electrons. The van der Waals surface area contributed by atoms with Gasteiger partial charge in [-0.3, -0.25) is 5.01 Å². The predicted octanol–water partition coefficient (Wildman–Crippen LogP) is 4.69. The van der Waals surface area contributed by atoms with E-state index in [9.17, 15) is 0 Å². The second-order valence-corrected chi connectivity index (χ2v) is 8.28. The van der Waals surface area contributed by atoms with Crippen LogP contribution in [0.2, 0.25) is 0 Å². The zero-order chi connectivity index (χ0) is 15.4. The van der Waals surface area contributed by atoms with Crippen LogP contribution >= 0.6 is 0 Å². The summed E-state index contributed by atoms with van der Waals surface area (Å²) in [5.74, 6) is 0. The van der Waals surface area contributed by atoms with Gasteiger partial charge in [-0.25, -0.2) is 0 Å². The van der Waals surface area contributed by atoms with E-state index in [0.717, 1.165) is 13.0 Å². The highest BCUT2D eigenvalue weighted by molar-refractivity contribution is 5.58. The summed E-state index contributed by atoms with van der Waals surface area (Å²) >= 11 is 0. The number of hydrazone groups is 1. The Morgan fingerprint density at radius 3 is 2.15 bits per heavy atom. The summed E-state index contributed by atoms with van der Waals surface area (Å²) in [7, 11) is 0. The lowest BCUT2D eigenvalue weighted by molar-refractivity contribution is 0.0436. The fourth-order valence-electron chi connectivity index (χ4n) is 2.70. The van der Waals surface area contributed by atoms with Crippen molar-refractivity contribution in [2.75, 3.05) is 6.54 Å². The van der Waals surface area contributed by atoms with Crippen LogP contribution in [0.1, 0.15) is 80.6 Å². The molecule has 3 heteroatoms. The van der Waals surface area contributed by atoms with E-state index >= 15 is 0 Å². The molecule has 0 aromatic rings. The smallest absolute Gasteiger partial charge is 0.120 e. The van der Waals surface area contributed by atoms with Crippen LogP contribution in [-0.4, -0.2) is 34.5 Å². The first kappa shape index (κ1) is 17.3. The van der Waals surface area contributed by atoms with Crippen LogP contribution < -0.4 is 0 Å². The zero-order valence-electron chi connectivity index (χ0n) is 14.7. The molecule has 0 bridgehead atoms. The van der Waals surface area contributed by atoms with Gasteiger partial charge in [0.15, 0.2) is 0 Å². The summed E-state index contributed by atoms with van der Waals surface area (Å²) in [6.07, 6.45) is 8.82. The summed E-state index contributed by atoms with van der Waals surface area (Å²) in [5, 5.41) is 6.99. The molecule has 1 rings (SSSR count). The molecule has 0 amide bonds. The van der Waals surface area contributed by atoms with Gasteiger partial charge in [-0.15, -0.1) is 0 Å². The Balaban J connectivity index is 2.66. The topological polar surface area (TPSA) is 18.8 Å². The molecular formula is C17H35N3. The SMILES string of the molecule is CCCCCCN1N=CN(C(C)(C)C)C1CC(C)(C)C. The number of unbranched alkanes of at least 4 members (excludes halogenated alkanes) is 3. The highest BCUT2D eigenvalue weighted by Crippen LogP contribution is 2.31. The molecule has 1 unspecified atom stereocenters. The van der Waals surface area contributed by atoms with Crippen molar-refractivity contribution < 1.29 is 0 Å². The van der Waals surface area contributed by atoms with Crippen LogP contribution in [0.15, 0.2) is 5.10 Å². The fourth-order valence-corrected chi connectivity index (χ4v) is 2.70. The predicted molar refractivity (Wildman–Crippen MR) is 88.8 cm³/mol. The lowest BCUT2D eigenvalue weighted by Gasteiger charge is -2.41. The Kier molecular flexibility index (Phi) is 5.91. The minimum Gasteiger partial charge on any atom is -0.335 e. The highest BCUT2D eigenvalue weighted by atomic mass is 15.6. The molecule has 118 valence electrons. The van der Waals surface area contributed by atoms with Crippen molar-refractivity contribution in [1.82, 2.24) is 9.91 Å². The first-order valence-corrected chi connectivity index (χ1v) is 8.24. The van der Waals surface area contributed by atoms with E-state index in [1.54, 1.807) is 0 Å². The molecule has 1 heterocycles.